The zero-order valence-corrected chi connectivity index (χ0v) is 18.0. The molecule has 0 atom stereocenters. The van der Waals surface area contributed by atoms with Crippen LogP contribution in [-0.4, -0.2) is 39.5 Å². The van der Waals surface area contributed by atoms with Gasteiger partial charge in [-0.1, -0.05) is 12.1 Å². The maximum Gasteiger partial charge on any atom is 0.417 e. The number of hydrogen-bond donors (Lipinski definition) is 3. The molecule has 0 amide bonds. The summed E-state index contributed by atoms with van der Waals surface area (Å²) in [5.74, 6) is 0.736. The van der Waals surface area contributed by atoms with E-state index in [1.54, 1.807) is 12.3 Å². The van der Waals surface area contributed by atoms with Crippen molar-refractivity contribution in [2.45, 2.75) is 26.2 Å². The van der Waals surface area contributed by atoms with Crippen LogP contribution in [0.2, 0.25) is 0 Å². The van der Waals surface area contributed by atoms with Crippen molar-refractivity contribution in [1.29, 1.82) is 0 Å². The minimum Gasteiger partial charge on any atom is -0.408 e. The maximum atomic E-state index is 11.4. The van der Waals surface area contributed by atoms with Crippen LogP contribution in [0.25, 0.3) is 11.1 Å². The van der Waals surface area contributed by atoms with Gasteiger partial charge in [0.05, 0.1) is 5.52 Å². The smallest absolute Gasteiger partial charge is 0.408 e. The summed E-state index contributed by atoms with van der Waals surface area (Å²) in [6, 6.07) is 13.9. The van der Waals surface area contributed by atoms with Crippen LogP contribution in [0.1, 0.15) is 24.0 Å². The van der Waals surface area contributed by atoms with Gasteiger partial charge in [-0.05, 0) is 75.2 Å². The third kappa shape index (κ3) is 4.65. The Morgan fingerprint density at radius 3 is 2.66 bits per heavy atom. The number of rotatable bonds is 7. The van der Waals surface area contributed by atoms with Crippen LogP contribution in [0.4, 0.5) is 23.1 Å². The lowest BCUT2D eigenvalue weighted by Crippen LogP contribution is -2.21. The molecule has 1 aliphatic heterocycles. The van der Waals surface area contributed by atoms with Gasteiger partial charge in [0.1, 0.15) is 5.82 Å². The molecule has 4 aromatic rings. The molecule has 3 N–H and O–H groups in total. The van der Waals surface area contributed by atoms with Crippen LogP contribution in [0.3, 0.4) is 0 Å². The Bertz CT molecular complexity index is 1270. The first-order valence-corrected chi connectivity index (χ1v) is 10.9. The molecule has 1 saturated heterocycles. The molecule has 1 aliphatic rings. The number of anilines is 4. The summed E-state index contributed by atoms with van der Waals surface area (Å²) in [4.78, 5) is 25.6. The van der Waals surface area contributed by atoms with Crippen LogP contribution in [0.15, 0.2) is 57.9 Å². The summed E-state index contributed by atoms with van der Waals surface area (Å²) in [6.45, 7) is 5.53. The Hall–Kier alpha value is -3.65. The van der Waals surface area contributed by atoms with Crippen molar-refractivity contribution in [3.63, 3.8) is 0 Å². The molecule has 32 heavy (non-hydrogen) atoms. The van der Waals surface area contributed by atoms with E-state index in [2.05, 4.69) is 54.8 Å². The van der Waals surface area contributed by atoms with Crippen molar-refractivity contribution in [3.8, 4) is 0 Å². The zero-order valence-electron chi connectivity index (χ0n) is 18.0. The summed E-state index contributed by atoms with van der Waals surface area (Å²) in [7, 11) is 0. The molecule has 1 fully saturated rings. The third-order valence-electron chi connectivity index (χ3n) is 5.78. The molecule has 0 bridgehead atoms. The van der Waals surface area contributed by atoms with Gasteiger partial charge in [-0.15, -0.1) is 0 Å². The van der Waals surface area contributed by atoms with Gasteiger partial charge < -0.3 is 20.0 Å². The van der Waals surface area contributed by atoms with Gasteiger partial charge in [0.25, 0.3) is 0 Å². The lowest BCUT2D eigenvalue weighted by molar-refractivity contribution is 0.343. The number of nitrogens with one attached hydrogen (secondary N) is 3. The van der Waals surface area contributed by atoms with Gasteiger partial charge in [-0.3, -0.25) is 4.98 Å². The average molecular weight is 431 g/mol. The van der Waals surface area contributed by atoms with Crippen LogP contribution in [-0.2, 0) is 6.42 Å². The van der Waals surface area contributed by atoms with Crippen molar-refractivity contribution in [2.24, 2.45) is 0 Å². The van der Waals surface area contributed by atoms with Crippen molar-refractivity contribution in [2.75, 3.05) is 30.3 Å². The third-order valence-corrected chi connectivity index (χ3v) is 5.78. The molecule has 0 unspecified atom stereocenters. The largest absolute Gasteiger partial charge is 0.417 e. The van der Waals surface area contributed by atoms with E-state index in [-0.39, 0.29) is 0 Å². The topological polar surface area (TPSA) is 99.1 Å². The average Bonchev–Trinajstić information content (AvgIpc) is 3.44. The van der Waals surface area contributed by atoms with Crippen molar-refractivity contribution in [3.05, 3.63) is 70.3 Å². The second-order valence-electron chi connectivity index (χ2n) is 8.20. The highest BCUT2D eigenvalue weighted by molar-refractivity contribution is 5.78. The number of likely N-dealkylation sites (tertiary alicyclic amines) is 1. The molecule has 164 valence electrons. The van der Waals surface area contributed by atoms with Gasteiger partial charge in [0.15, 0.2) is 5.58 Å². The van der Waals surface area contributed by atoms with Crippen LogP contribution in [0, 0.1) is 6.92 Å². The molecule has 8 heteroatoms. The van der Waals surface area contributed by atoms with E-state index in [0.29, 0.717) is 22.9 Å². The van der Waals surface area contributed by atoms with Gasteiger partial charge in [-0.2, -0.15) is 4.98 Å². The fraction of sp³-hybridized carbons (Fsp3) is 0.292. The van der Waals surface area contributed by atoms with Crippen LogP contribution in [0.5, 0.6) is 0 Å². The number of H-pyrrole nitrogens is 1. The lowest BCUT2D eigenvalue weighted by Gasteiger charge is -2.14. The molecule has 0 aliphatic carbocycles. The molecular formula is C24H26N6O2. The number of aromatic nitrogens is 3. The number of aromatic amines is 1. The Morgan fingerprint density at radius 1 is 1.06 bits per heavy atom. The number of fused-ring (bicyclic) bond motifs is 1. The quantitative estimate of drug-likeness (QED) is 0.401. The molecule has 2 aromatic heterocycles. The molecule has 0 saturated carbocycles. The standard InChI is InChI=1S/C24H26N6O2/c1-16-15-25-23(27-18-6-4-17(5-7-18)10-13-30-11-2-3-12-30)29-22(16)26-19-8-9-21-20(14-19)28-24(31)32-21/h4-9,14-15H,2-3,10-13H2,1H3,(H,28,31)(H2,25,26,27,29). The fourth-order valence-electron chi connectivity index (χ4n) is 3.97. The molecule has 8 nitrogen and oxygen atoms in total. The van der Waals surface area contributed by atoms with Crippen molar-refractivity contribution in [1.82, 2.24) is 19.9 Å². The van der Waals surface area contributed by atoms with Crippen molar-refractivity contribution < 1.29 is 4.42 Å². The van der Waals surface area contributed by atoms with Gasteiger partial charge in [0.2, 0.25) is 5.95 Å². The van der Waals surface area contributed by atoms with E-state index < -0.39 is 5.76 Å². The normalized spacial score (nSPS) is 14.2. The monoisotopic (exact) mass is 430 g/mol. The first kappa shape index (κ1) is 20.3. The Morgan fingerprint density at radius 2 is 1.84 bits per heavy atom. The molecule has 0 spiro atoms. The molecule has 5 rings (SSSR count). The van der Waals surface area contributed by atoms with Gasteiger partial charge in [0, 0.05) is 29.7 Å². The number of hydrogen-bond acceptors (Lipinski definition) is 7. The Kier molecular flexibility index (Phi) is 5.60. The SMILES string of the molecule is Cc1cnc(Nc2ccc(CCN3CCCC3)cc2)nc1Nc1ccc2oc(=O)[nH]c2c1. The van der Waals surface area contributed by atoms with E-state index in [9.17, 15) is 4.79 Å². The first-order chi connectivity index (χ1) is 15.6. The number of benzene rings is 2. The summed E-state index contributed by atoms with van der Waals surface area (Å²) in [5, 5.41) is 6.57. The van der Waals surface area contributed by atoms with Crippen LogP contribution >= 0.6 is 0 Å². The molecule has 3 heterocycles. The summed E-state index contributed by atoms with van der Waals surface area (Å²) >= 11 is 0. The minimum atomic E-state index is -0.469. The van der Waals surface area contributed by atoms with Crippen LogP contribution < -0.4 is 16.4 Å². The van der Waals surface area contributed by atoms with E-state index in [1.807, 2.05) is 19.1 Å². The van der Waals surface area contributed by atoms with E-state index in [4.69, 9.17) is 4.42 Å². The molecule has 0 radical (unpaired) electrons. The second kappa shape index (κ2) is 8.84. The lowest BCUT2D eigenvalue weighted by atomic mass is 10.1. The zero-order chi connectivity index (χ0) is 21.9. The van der Waals surface area contributed by atoms with Gasteiger partial charge >= 0.3 is 5.76 Å². The minimum absolute atomic E-state index is 0.469. The highest BCUT2D eigenvalue weighted by atomic mass is 16.4. The first-order valence-electron chi connectivity index (χ1n) is 10.9. The van der Waals surface area contributed by atoms with E-state index >= 15 is 0 Å². The highest BCUT2D eigenvalue weighted by Gasteiger charge is 2.11. The Balaban J connectivity index is 1.26. The fourth-order valence-corrected chi connectivity index (χ4v) is 3.97. The van der Waals surface area contributed by atoms with Gasteiger partial charge in [-0.25, -0.2) is 9.78 Å². The number of aryl methyl sites for hydroxylation is 1. The predicted octanol–water partition coefficient (Wildman–Crippen LogP) is 4.35. The highest BCUT2D eigenvalue weighted by Crippen LogP contribution is 2.23. The maximum absolute atomic E-state index is 11.4. The van der Waals surface area contributed by atoms with Crippen molar-refractivity contribution >= 4 is 34.2 Å². The predicted molar refractivity (Wildman–Crippen MR) is 126 cm³/mol. The molecule has 2 aromatic carbocycles. The Labute approximate surface area is 185 Å². The van der Waals surface area contributed by atoms with E-state index in [0.717, 1.165) is 29.9 Å². The number of oxazole rings is 1. The summed E-state index contributed by atoms with van der Waals surface area (Å²) in [5.41, 5.74) is 5.14. The van der Waals surface area contributed by atoms with E-state index in [1.165, 1.54) is 31.5 Å². The summed E-state index contributed by atoms with van der Waals surface area (Å²) in [6.07, 6.45) is 5.50. The second-order valence-corrected chi connectivity index (χ2v) is 8.20. The summed E-state index contributed by atoms with van der Waals surface area (Å²) < 4.78 is 5.05. The number of nitrogens with zero attached hydrogens (tertiary/aromatic N) is 3. The molecular weight excluding hydrogens is 404 g/mol.